The van der Waals surface area contributed by atoms with Crippen LogP contribution in [0.15, 0.2) is 30.3 Å². The van der Waals surface area contributed by atoms with Crippen molar-refractivity contribution in [3.05, 3.63) is 35.9 Å². The number of carbonyl (C=O) groups excluding carboxylic acids is 1. The average molecular weight is 263 g/mol. The lowest BCUT2D eigenvalue weighted by molar-refractivity contribution is 0.131. The molecule has 106 valence electrons. The normalized spacial score (nSPS) is 12.5. The molecule has 1 N–H and O–H groups in total. The molecule has 0 radical (unpaired) electrons. The fourth-order valence-electron chi connectivity index (χ4n) is 1.92. The highest BCUT2D eigenvalue weighted by Gasteiger charge is 2.18. The van der Waals surface area contributed by atoms with Gasteiger partial charge in [0.25, 0.3) is 0 Å². The van der Waals surface area contributed by atoms with Crippen molar-refractivity contribution in [1.29, 1.82) is 0 Å². The molecule has 1 rings (SSSR count). The van der Waals surface area contributed by atoms with Crippen LogP contribution in [0.5, 0.6) is 0 Å². The lowest BCUT2D eigenvalue weighted by Crippen LogP contribution is -2.39. The van der Waals surface area contributed by atoms with E-state index in [2.05, 4.69) is 33.0 Å². The van der Waals surface area contributed by atoms with Gasteiger partial charge in [-0.25, -0.2) is 4.79 Å². The summed E-state index contributed by atoms with van der Waals surface area (Å²) in [6.07, 6.45) is 0.640. The molecule has 0 heterocycles. The molecule has 0 bridgehead atoms. The van der Waals surface area contributed by atoms with Crippen molar-refractivity contribution in [2.75, 3.05) is 0 Å². The van der Waals surface area contributed by atoms with Gasteiger partial charge in [0.1, 0.15) is 6.61 Å². The molecule has 0 saturated carbocycles. The summed E-state index contributed by atoms with van der Waals surface area (Å²) in [4.78, 5) is 11.8. The van der Waals surface area contributed by atoms with Gasteiger partial charge in [0.15, 0.2) is 0 Å². The van der Waals surface area contributed by atoms with Gasteiger partial charge < -0.3 is 10.1 Å². The first-order chi connectivity index (χ1) is 8.99. The second-order valence-electron chi connectivity index (χ2n) is 5.69. The minimum absolute atomic E-state index is 0.170. The van der Waals surface area contributed by atoms with Crippen LogP contribution in [0.25, 0.3) is 0 Å². The number of hydrogen-bond donors (Lipinski definition) is 1. The minimum Gasteiger partial charge on any atom is -0.445 e. The van der Waals surface area contributed by atoms with E-state index in [1.165, 1.54) is 0 Å². The number of amides is 1. The molecule has 0 aliphatic rings. The maximum absolute atomic E-state index is 11.8. The zero-order valence-electron chi connectivity index (χ0n) is 12.3. The predicted octanol–water partition coefficient (Wildman–Crippen LogP) is 3.98. The second kappa shape index (κ2) is 7.82. The highest BCUT2D eigenvalue weighted by atomic mass is 16.5. The molecule has 0 fully saturated rings. The lowest BCUT2D eigenvalue weighted by Gasteiger charge is -2.23. The third-order valence-corrected chi connectivity index (χ3v) is 3.05. The smallest absolute Gasteiger partial charge is 0.407 e. The van der Waals surface area contributed by atoms with Crippen molar-refractivity contribution in [3.8, 4) is 0 Å². The summed E-state index contributed by atoms with van der Waals surface area (Å²) in [6, 6.07) is 9.88. The van der Waals surface area contributed by atoms with E-state index < -0.39 is 0 Å². The molecular weight excluding hydrogens is 238 g/mol. The first-order valence-corrected chi connectivity index (χ1v) is 6.96. The minimum atomic E-state index is -0.330. The summed E-state index contributed by atoms with van der Waals surface area (Å²) in [5.41, 5.74) is 1.00. The molecule has 1 amide bonds. The van der Waals surface area contributed by atoms with Crippen LogP contribution in [0.4, 0.5) is 4.79 Å². The molecule has 19 heavy (non-hydrogen) atoms. The molecule has 3 nitrogen and oxygen atoms in total. The summed E-state index contributed by atoms with van der Waals surface area (Å²) < 4.78 is 5.24. The van der Waals surface area contributed by atoms with Gasteiger partial charge in [0, 0.05) is 6.04 Å². The molecule has 0 aliphatic heterocycles. The van der Waals surface area contributed by atoms with Gasteiger partial charge in [0.2, 0.25) is 0 Å². The van der Waals surface area contributed by atoms with Crippen LogP contribution in [0.2, 0.25) is 0 Å². The Bertz CT molecular complexity index is 374. The lowest BCUT2D eigenvalue weighted by atomic mass is 9.95. The standard InChI is InChI=1S/C16H25NO2/c1-12(2)10-15(13(3)4)17-16(18)19-11-14-8-6-5-7-9-14/h5-9,12-13,15H,10-11H2,1-4H3,(H,17,18). The van der Waals surface area contributed by atoms with E-state index in [-0.39, 0.29) is 12.1 Å². The van der Waals surface area contributed by atoms with Crippen LogP contribution in [0, 0.1) is 11.8 Å². The summed E-state index contributed by atoms with van der Waals surface area (Å²) in [5.74, 6) is 0.966. The van der Waals surface area contributed by atoms with E-state index in [0.717, 1.165) is 12.0 Å². The second-order valence-corrected chi connectivity index (χ2v) is 5.69. The van der Waals surface area contributed by atoms with Gasteiger partial charge in [-0.2, -0.15) is 0 Å². The Kier molecular flexibility index (Phi) is 6.40. The number of benzene rings is 1. The Labute approximate surface area is 116 Å². The number of nitrogens with one attached hydrogen (secondary N) is 1. The third kappa shape index (κ3) is 6.27. The van der Waals surface area contributed by atoms with Crippen LogP contribution in [0.1, 0.15) is 39.7 Å². The molecule has 3 heteroatoms. The topological polar surface area (TPSA) is 38.3 Å². The van der Waals surface area contributed by atoms with E-state index in [9.17, 15) is 4.79 Å². The molecule has 0 aliphatic carbocycles. The quantitative estimate of drug-likeness (QED) is 0.843. The van der Waals surface area contributed by atoms with E-state index in [1.54, 1.807) is 0 Å². The van der Waals surface area contributed by atoms with Crippen molar-refractivity contribution < 1.29 is 9.53 Å². The highest BCUT2D eigenvalue weighted by Crippen LogP contribution is 2.13. The fourth-order valence-corrected chi connectivity index (χ4v) is 1.92. The van der Waals surface area contributed by atoms with Crippen molar-refractivity contribution in [1.82, 2.24) is 5.32 Å². The Hall–Kier alpha value is -1.51. The third-order valence-electron chi connectivity index (χ3n) is 3.05. The molecular formula is C16H25NO2. The fraction of sp³-hybridized carbons (Fsp3) is 0.562. The Morgan fingerprint density at radius 2 is 1.79 bits per heavy atom. The van der Waals surface area contributed by atoms with Gasteiger partial charge >= 0.3 is 6.09 Å². The number of carbonyl (C=O) groups is 1. The van der Waals surface area contributed by atoms with E-state index in [4.69, 9.17) is 4.74 Å². The molecule has 1 unspecified atom stereocenters. The van der Waals surface area contributed by atoms with Crippen LogP contribution in [-0.4, -0.2) is 12.1 Å². The Balaban J connectivity index is 2.40. The van der Waals surface area contributed by atoms with Gasteiger partial charge in [-0.1, -0.05) is 58.0 Å². The Morgan fingerprint density at radius 3 is 2.32 bits per heavy atom. The average Bonchev–Trinajstić information content (AvgIpc) is 2.36. The summed E-state index contributed by atoms with van der Waals surface area (Å²) in [5, 5.41) is 2.96. The van der Waals surface area contributed by atoms with Crippen LogP contribution < -0.4 is 5.32 Å². The van der Waals surface area contributed by atoms with Crippen molar-refractivity contribution in [3.63, 3.8) is 0 Å². The van der Waals surface area contributed by atoms with Crippen molar-refractivity contribution in [2.45, 2.75) is 46.8 Å². The first-order valence-electron chi connectivity index (χ1n) is 6.96. The maximum atomic E-state index is 11.8. The molecule has 0 spiro atoms. The van der Waals surface area contributed by atoms with Crippen LogP contribution >= 0.6 is 0 Å². The van der Waals surface area contributed by atoms with Crippen LogP contribution in [0.3, 0.4) is 0 Å². The number of hydrogen-bond acceptors (Lipinski definition) is 2. The van der Waals surface area contributed by atoms with E-state index >= 15 is 0 Å². The van der Waals surface area contributed by atoms with Crippen molar-refractivity contribution >= 4 is 6.09 Å². The molecule has 1 atom stereocenters. The predicted molar refractivity (Wildman–Crippen MR) is 77.8 cm³/mol. The summed E-state index contributed by atoms with van der Waals surface area (Å²) in [6.45, 7) is 8.87. The number of ether oxygens (including phenoxy) is 1. The zero-order valence-corrected chi connectivity index (χ0v) is 12.3. The van der Waals surface area contributed by atoms with Gasteiger partial charge in [0.05, 0.1) is 0 Å². The SMILES string of the molecule is CC(C)CC(NC(=O)OCc1ccccc1)C(C)C. The van der Waals surface area contributed by atoms with Gasteiger partial charge in [-0.3, -0.25) is 0 Å². The molecule has 1 aromatic carbocycles. The zero-order chi connectivity index (χ0) is 14.3. The highest BCUT2D eigenvalue weighted by molar-refractivity contribution is 5.67. The largest absolute Gasteiger partial charge is 0.445 e. The first kappa shape index (κ1) is 15.5. The summed E-state index contributed by atoms with van der Waals surface area (Å²) >= 11 is 0. The molecule has 1 aromatic rings. The van der Waals surface area contributed by atoms with Gasteiger partial charge in [-0.15, -0.1) is 0 Å². The summed E-state index contributed by atoms with van der Waals surface area (Å²) in [7, 11) is 0. The monoisotopic (exact) mass is 263 g/mol. The van der Waals surface area contributed by atoms with Crippen molar-refractivity contribution in [2.24, 2.45) is 11.8 Å². The molecule has 0 aromatic heterocycles. The van der Waals surface area contributed by atoms with Gasteiger partial charge in [-0.05, 0) is 23.8 Å². The number of alkyl carbamates (subject to hydrolysis) is 1. The van der Waals surface area contributed by atoms with Crippen LogP contribution in [-0.2, 0) is 11.3 Å². The Morgan fingerprint density at radius 1 is 1.16 bits per heavy atom. The van der Waals surface area contributed by atoms with E-state index in [1.807, 2.05) is 30.3 Å². The maximum Gasteiger partial charge on any atom is 0.407 e. The molecule has 0 saturated heterocycles. The number of rotatable bonds is 6. The van der Waals surface area contributed by atoms with E-state index in [0.29, 0.717) is 18.4 Å².